The van der Waals surface area contributed by atoms with Gasteiger partial charge in [-0.1, -0.05) is 19.3 Å². The van der Waals surface area contributed by atoms with Gasteiger partial charge < -0.3 is 14.4 Å². The fraction of sp³-hybridized carbons (Fsp3) is 0.520. The average molecular weight is 465 g/mol. The van der Waals surface area contributed by atoms with Crippen LogP contribution in [-0.4, -0.2) is 38.0 Å². The number of aromatic nitrogens is 1. The average Bonchev–Trinajstić information content (AvgIpc) is 2.79. The van der Waals surface area contributed by atoms with E-state index in [-0.39, 0.29) is 12.5 Å². The van der Waals surface area contributed by atoms with Gasteiger partial charge in [-0.25, -0.2) is 0 Å². The zero-order valence-electron chi connectivity index (χ0n) is 19.6. The second-order valence-electron chi connectivity index (χ2n) is 8.67. The zero-order valence-corrected chi connectivity index (χ0v) is 19.6. The van der Waals surface area contributed by atoms with Crippen molar-refractivity contribution >= 4 is 11.6 Å². The van der Waals surface area contributed by atoms with Crippen LogP contribution in [0.15, 0.2) is 24.3 Å². The summed E-state index contributed by atoms with van der Waals surface area (Å²) in [5.41, 5.74) is 4.65. The van der Waals surface area contributed by atoms with Gasteiger partial charge in [0, 0.05) is 37.9 Å². The van der Waals surface area contributed by atoms with E-state index in [9.17, 15) is 18.0 Å². The summed E-state index contributed by atoms with van der Waals surface area (Å²) in [5.74, 6) is -0.805. The van der Waals surface area contributed by atoms with Crippen molar-refractivity contribution in [3.05, 3.63) is 52.3 Å². The molecule has 0 unspecified atom stereocenters. The predicted molar refractivity (Wildman–Crippen MR) is 121 cm³/mol. The van der Waals surface area contributed by atoms with Crippen LogP contribution in [0, 0.1) is 13.8 Å². The Bertz CT molecular complexity index is 962. The molecular formula is C25H31F3N2O3. The molecule has 0 N–H and O–H groups in total. The number of benzene rings is 1. The van der Waals surface area contributed by atoms with Gasteiger partial charge in [0.2, 0.25) is 0 Å². The van der Waals surface area contributed by atoms with E-state index in [0.717, 1.165) is 53.7 Å². The van der Waals surface area contributed by atoms with Gasteiger partial charge in [-0.3, -0.25) is 9.78 Å². The van der Waals surface area contributed by atoms with E-state index in [4.69, 9.17) is 14.5 Å². The fourth-order valence-corrected chi connectivity index (χ4v) is 4.45. The fourth-order valence-electron chi connectivity index (χ4n) is 4.45. The second-order valence-corrected chi connectivity index (χ2v) is 8.67. The van der Waals surface area contributed by atoms with Crippen molar-refractivity contribution in [2.24, 2.45) is 0 Å². The van der Waals surface area contributed by atoms with Crippen LogP contribution in [0.3, 0.4) is 0 Å². The Morgan fingerprint density at radius 2 is 1.76 bits per heavy atom. The van der Waals surface area contributed by atoms with Gasteiger partial charge in [0.15, 0.2) is 6.79 Å². The van der Waals surface area contributed by atoms with Crippen LogP contribution in [0.25, 0.3) is 0 Å². The van der Waals surface area contributed by atoms with Crippen molar-refractivity contribution in [1.82, 2.24) is 4.98 Å². The number of nitrogens with zero attached hydrogens (tertiary/aromatic N) is 2. The van der Waals surface area contributed by atoms with Gasteiger partial charge in [0.1, 0.15) is 5.75 Å². The van der Waals surface area contributed by atoms with E-state index in [2.05, 4.69) is 0 Å². The number of methoxy groups -OCH3 is 1. The summed E-state index contributed by atoms with van der Waals surface area (Å²) in [6.45, 7) is 3.84. The molecule has 1 amide bonds. The largest absolute Gasteiger partial charge is 0.471 e. The molecule has 0 atom stereocenters. The molecular weight excluding hydrogens is 433 g/mol. The Morgan fingerprint density at radius 3 is 2.33 bits per heavy atom. The summed E-state index contributed by atoms with van der Waals surface area (Å²) in [5, 5.41) is 0. The van der Waals surface area contributed by atoms with Gasteiger partial charge in [-0.15, -0.1) is 0 Å². The van der Waals surface area contributed by atoms with E-state index in [1.54, 1.807) is 19.2 Å². The molecule has 180 valence electrons. The van der Waals surface area contributed by atoms with Crippen LogP contribution in [0.2, 0.25) is 0 Å². The van der Waals surface area contributed by atoms with Gasteiger partial charge in [-0.05, 0) is 67.6 Å². The molecule has 1 heterocycles. The first-order valence-electron chi connectivity index (χ1n) is 11.2. The SMILES string of the molecule is COCOc1ccc(Cc2c(C)cc(N(C)C(=O)C(F)(F)F)cc2C)nc1C1CCCCC1. The number of hydrogen-bond donors (Lipinski definition) is 0. The summed E-state index contributed by atoms with van der Waals surface area (Å²) in [6.07, 6.45) is 1.35. The molecule has 1 aromatic carbocycles. The van der Waals surface area contributed by atoms with Gasteiger partial charge in [0.05, 0.1) is 5.69 Å². The Hall–Kier alpha value is -2.61. The highest BCUT2D eigenvalue weighted by molar-refractivity contribution is 5.97. The van der Waals surface area contributed by atoms with Crippen LogP contribution >= 0.6 is 0 Å². The summed E-state index contributed by atoms with van der Waals surface area (Å²) in [7, 11) is 2.72. The number of hydrogen-bond acceptors (Lipinski definition) is 4. The Kier molecular flexibility index (Phi) is 8.00. The van der Waals surface area contributed by atoms with E-state index in [1.165, 1.54) is 19.3 Å². The van der Waals surface area contributed by atoms with Crippen molar-refractivity contribution in [2.75, 3.05) is 25.9 Å². The second kappa shape index (κ2) is 10.5. The zero-order chi connectivity index (χ0) is 24.2. The standard InChI is InChI=1S/C25H31F3N2O3/c1-16-12-20(30(3)24(31)25(26,27)28)13-17(2)21(16)14-19-10-11-22(33-15-32-4)23(29-19)18-8-6-5-7-9-18/h10-13,18H,5-9,14-15H2,1-4H3. The number of carbonyl (C=O) groups is 1. The molecule has 8 heteroatoms. The topological polar surface area (TPSA) is 51.7 Å². The lowest BCUT2D eigenvalue weighted by atomic mass is 9.86. The van der Waals surface area contributed by atoms with E-state index in [0.29, 0.717) is 17.2 Å². The quantitative estimate of drug-likeness (QED) is 0.483. The van der Waals surface area contributed by atoms with E-state index < -0.39 is 12.1 Å². The third kappa shape index (κ3) is 6.05. The van der Waals surface area contributed by atoms with Crippen LogP contribution in [0.4, 0.5) is 18.9 Å². The molecule has 1 saturated carbocycles. The third-order valence-corrected chi connectivity index (χ3v) is 6.24. The van der Waals surface area contributed by atoms with Crippen molar-refractivity contribution in [2.45, 2.75) is 64.5 Å². The molecule has 0 radical (unpaired) electrons. The molecule has 1 aromatic heterocycles. The highest BCUT2D eigenvalue weighted by atomic mass is 19.4. The first-order chi connectivity index (χ1) is 15.6. The third-order valence-electron chi connectivity index (χ3n) is 6.24. The number of amides is 1. The molecule has 1 aliphatic rings. The van der Waals surface area contributed by atoms with Crippen molar-refractivity contribution in [1.29, 1.82) is 0 Å². The normalized spacial score (nSPS) is 14.9. The van der Waals surface area contributed by atoms with Crippen LogP contribution < -0.4 is 9.64 Å². The smallest absolute Gasteiger partial charge is 0.466 e. The molecule has 0 saturated heterocycles. The minimum absolute atomic E-state index is 0.157. The van der Waals surface area contributed by atoms with Gasteiger partial charge >= 0.3 is 12.1 Å². The van der Waals surface area contributed by atoms with Crippen LogP contribution in [-0.2, 0) is 16.0 Å². The van der Waals surface area contributed by atoms with Crippen molar-refractivity contribution < 1.29 is 27.4 Å². The first-order valence-corrected chi connectivity index (χ1v) is 11.2. The number of carbonyl (C=O) groups excluding carboxylic acids is 1. The maximum atomic E-state index is 12.8. The lowest BCUT2D eigenvalue weighted by Gasteiger charge is -2.24. The molecule has 0 aliphatic heterocycles. The van der Waals surface area contributed by atoms with Crippen LogP contribution in [0.1, 0.15) is 66.1 Å². The number of alkyl halides is 3. The number of anilines is 1. The molecule has 2 aromatic rings. The van der Waals surface area contributed by atoms with Crippen molar-refractivity contribution in [3.63, 3.8) is 0 Å². The predicted octanol–water partition coefficient (Wildman–Crippen LogP) is 5.84. The van der Waals surface area contributed by atoms with Crippen molar-refractivity contribution in [3.8, 4) is 5.75 Å². The lowest BCUT2D eigenvalue weighted by Crippen LogP contribution is -2.38. The summed E-state index contributed by atoms with van der Waals surface area (Å²) >= 11 is 0. The molecule has 1 aliphatic carbocycles. The number of rotatable bonds is 7. The molecule has 33 heavy (non-hydrogen) atoms. The number of aryl methyl sites for hydroxylation is 2. The number of halogens is 3. The van der Waals surface area contributed by atoms with Gasteiger partial charge in [0.25, 0.3) is 0 Å². The molecule has 1 fully saturated rings. The summed E-state index contributed by atoms with van der Waals surface area (Å²) in [6, 6.07) is 7.08. The highest BCUT2D eigenvalue weighted by Crippen LogP contribution is 2.37. The Labute approximate surface area is 192 Å². The number of pyridine rings is 1. The molecule has 0 bridgehead atoms. The minimum atomic E-state index is -4.92. The van der Waals surface area contributed by atoms with E-state index in [1.807, 2.05) is 26.0 Å². The van der Waals surface area contributed by atoms with E-state index >= 15 is 0 Å². The first kappa shape index (κ1) is 25.0. The highest BCUT2D eigenvalue weighted by Gasteiger charge is 2.41. The number of ether oxygens (including phenoxy) is 2. The molecule has 3 rings (SSSR count). The van der Waals surface area contributed by atoms with Crippen LogP contribution in [0.5, 0.6) is 5.75 Å². The monoisotopic (exact) mass is 464 g/mol. The Balaban J connectivity index is 1.88. The van der Waals surface area contributed by atoms with Gasteiger partial charge in [-0.2, -0.15) is 13.2 Å². The summed E-state index contributed by atoms with van der Waals surface area (Å²) in [4.78, 5) is 17.2. The Morgan fingerprint density at radius 1 is 1.12 bits per heavy atom. The lowest BCUT2D eigenvalue weighted by molar-refractivity contribution is -0.170. The maximum absolute atomic E-state index is 12.8. The maximum Gasteiger partial charge on any atom is 0.471 e. The minimum Gasteiger partial charge on any atom is -0.466 e. The molecule has 0 spiro atoms. The summed E-state index contributed by atoms with van der Waals surface area (Å²) < 4.78 is 49.3. The molecule has 5 nitrogen and oxygen atoms in total.